The Morgan fingerprint density at radius 3 is 2.75 bits per heavy atom. The average molecular weight is 164 g/mol. The van der Waals surface area contributed by atoms with Crippen molar-refractivity contribution in [3.8, 4) is 0 Å². The van der Waals surface area contributed by atoms with Crippen LogP contribution < -0.4 is 5.73 Å². The minimum absolute atomic E-state index is 0.402. The van der Waals surface area contributed by atoms with E-state index in [1.54, 1.807) is 0 Å². The zero-order valence-corrected chi connectivity index (χ0v) is 7.67. The van der Waals surface area contributed by atoms with Crippen molar-refractivity contribution in [2.24, 2.45) is 17.1 Å². The fourth-order valence-electron chi connectivity index (χ4n) is 2.34. The maximum Gasteiger partial charge on any atom is 0.0187 e. The monoisotopic (exact) mass is 164 g/mol. The minimum Gasteiger partial charge on any atom is -0.365 e. The molecule has 1 heterocycles. The molecule has 0 unspecified atom stereocenters. The Kier molecular flexibility index (Phi) is 1.55. The number of aromatic nitrogens is 1. The summed E-state index contributed by atoms with van der Waals surface area (Å²) in [6.07, 6.45) is 1.98. The van der Waals surface area contributed by atoms with Crippen LogP contribution in [0.3, 0.4) is 0 Å². The maximum absolute atomic E-state index is 5.69. The normalized spacial score (nSPS) is 31.9. The summed E-state index contributed by atoms with van der Waals surface area (Å²) in [7, 11) is 0. The van der Waals surface area contributed by atoms with Gasteiger partial charge in [-0.05, 0) is 30.0 Å². The summed E-state index contributed by atoms with van der Waals surface area (Å²) in [5.41, 5.74) is 7.44. The van der Waals surface area contributed by atoms with Crippen LogP contribution in [0.1, 0.15) is 25.5 Å². The van der Waals surface area contributed by atoms with Gasteiger partial charge in [0.2, 0.25) is 0 Å². The molecule has 1 aliphatic rings. The van der Waals surface area contributed by atoms with Crippen molar-refractivity contribution in [2.45, 2.75) is 19.8 Å². The van der Waals surface area contributed by atoms with Gasteiger partial charge in [0.1, 0.15) is 0 Å². The quantitative estimate of drug-likeness (QED) is 0.686. The summed E-state index contributed by atoms with van der Waals surface area (Å²) in [5.74, 6) is 1.31. The zero-order chi connectivity index (χ0) is 8.77. The van der Waals surface area contributed by atoms with Crippen molar-refractivity contribution in [1.82, 2.24) is 4.98 Å². The Hall–Kier alpha value is -0.760. The first-order valence-corrected chi connectivity index (χ1v) is 4.51. The van der Waals surface area contributed by atoms with E-state index in [-0.39, 0.29) is 0 Å². The van der Waals surface area contributed by atoms with Gasteiger partial charge in [0.25, 0.3) is 0 Å². The number of nitrogens with one attached hydrogen (secondary N) is 1. The van der Waals surface area contributed by atoms with E-state index in [4.69, 9.17) is 5.73 Å². The molecule has 1 aromatic heterocycles. The molecule has 1 aliphatic carbocycles. The van der Waals surface area contributed by atoms with Gasteiger partial charge < -0.3 is 10.7 Å². The largest absolute Gasteiger partial charge is 0.365 e. The van der Waals surface area contributed by atoms with Crippen LogP contribution in [-0.4, -0.2) is 11.5 Å². The molecule has 1 fully saturated rings. The average Bonchev–Trinajstić information content (AvgIpc) is 2.50. The fourth-order valence-corrected chi connectivity index (χ4v) is 2.34. The zero-order valence-electron chi connectivity index (χ0n) is 7.67. The van der Waals surface area contributed by atoms with Crippen molar-refractivity contribution < 1.29 is 0 Å². The van der Waals surface area contributed by atoms with Crippen molar-refractivity contribution >= 4 is 0 Å². The van der Waals surface area contributed by atoms with Crippen LogP contribution >= 0.6 is 0 Å². The Balaban J connectivity index is 2.19. The van der Waals surface area contributed by atoms with E-state index in [0.29, 0.717) is 17.3 Å². The van der Waals surface area contributed by atoms with Crippen molar-refractivity contribution in [3.05, 3.63) is 24.0 Å². The Labute approximate surface area is 73.2 Å². The molecule has 2 nitrogen and oxygen atoms in total. The number of aromatic amines is 1. The number of hydrogen-bond acceptors (Lipinski definition) is 1. The van der Waals surface area contributed by atoms with Crippen molar-refractivity contribution in [1.29, 1.82) is 0 Å². The third-order valence-corrected chi connectivity index (χ3v) is 3.26. The van der Waals surface area contributed by atoms with Gasteiger partial charge in [-0.3, -0.25) is 0 Å². The Morgan fingerprint density at radius 2 is 2.33 bits per heavy atom. The lowest BCUT2D eigenvalue weighted by atomic mass is 10.1. The predicted octanol–water partition coefficient (Wildman–Crippen LogP) is 1.71. The van der Waals surface area contributed by atoms with E-state index in [9.17, 15) is 0 Å². The molecule has 0 bridgehead atoms. The van der Waals surface area contributed by atoms with E-state index in [1.807, 2.05) is 6.20 Å². The van der Waals surface area contributed by atoms with Gasteiger partial charge >= 0.3 is 0 Å². The second-order valence-electron chi connectivity index (χ2n) is 4.27. The first-order chi connectivity index (χ1) is 5.68. The molecule has 12 heavy (non-hydrogen) atoms. The molecular formula is C10H16N2. The van der Waals surface area contributed by atoms with Gasteiger partial charge in [0, 0.05) is 17.8 Å². The molecule has 0 radical (unpaired) electrons. The van der Waals surface area contributed by atoms with Crippen LogP contribution in [0.15, 0.2) is 18.3 Å². The molecule has 2 heteroatoms. The van der Waals surface area contributed by atoms with Gasteiger partial charge in [0.15, 0.2) is 0 Å². The molecule has 0 aliphatic heterocycles. The van der Waals surface area contributed by atoms with Gasteiger partial charge in [-0.25, -0.2) is 0 Å². The van der Waals surface area contributed by atoms with Gasteiger partial charge in [-0.1, -0.05) is 13.8 Å². The molecule has 1 aromatic rings. The lowest BCUT2D eigenvalue weighted by Crippen LogP contribution is -2.05. The molecule has 0 spiro atoms. The number of H-pyrrole nitrogens is 1. The third kappa shape index (κ3) is 0.911. The standard InChI is InChI=1S/C10H16N2/c1-10(2)7(6-11)9(10)8-4-3-5-12-8/h3-5,7,9,12H,6,11H2,1-2H3/t7-,9+/m1/s1. The van der Waals surface area contributed by atoms with E-state index in [1.165, 1.54) is 5.69 Å². The maximum atomic E-state index is 5.69. The smallest absolute Gasteiger partial charge is 0.0187 e. The third-order valence-electron chi connectivity index (χ3n) is 3.26. The first kappa shape index (κ1) is 7.87. The molecule has 0 aromatic carbocycles. The van der Waals surface area contributed by atoms with Gasteiger partial charge in [-0.2, -0.15) is 0 Å². The van der Waals surface area contributed by atoms with Crippen LogP contribution in [0.5, 0.6) is 0 Å². The molecule has 3 N–H and O–H groups in total. The highest BCUT2D eigenvalue weighted by Gasteiger charge is 2.57. The van der Waals surface area contributed by atoms with Crippen molar-refractivity contribution in [3.63, 3.8) is 0 Å². The lowest BCUT2D eigenvalue weighted by Gasteiger charge is -1.99. The van der Waals surface area contributed by atoms with E-state index in [2.05, 4.69) is 31.0 Å². The molecule has 0 amide bonds. The second-order valence-corrected chi connectivity index (χ2v) is 4.27. The predicted molar refractivity (Wildman–Crippen MR) is 49.9 cm³/mol. The molecular weight excluding hydrogens is 148 g/mol. The summed E-state index contributed by atoms with van der Waals surface area (Å²) < 4.78 is 0. The summed E-state index contributed by atoms with van der Waals surface area (Å²) >= 11 is 0. The Morgan fingerprint density at radius 1 is 1.58 bits per heavy atom. The van der Waals surface area contributed by atoms with Crippen LogP contribution in [0, 0.1) is 11.3 Å². The highest BCUT2D eigenvalue weighted by atomic mass is 14.8. The number of nitrogens with two attached hydrogens (primary N) is 1. The summed E-state index contributed by atoms with van der Waals surface area (Å²) in [6.45, 7) is 5.38. The van der Waals surface area contributed by atoms with Crippen molar-refractivity contribution in [2.75, 3.05) is 6.54 Å². The highest BCUT2D eigenvalue weighted by Crippen LogP contribution is 2.63. The van der Waals surface area contributed by atoms with E-state index >= 15 is 0 Å². The Bertz CT molecular complexity index is 261. The minimum atomic E-state index is 0.402. The van der Waals surface area contributed by atoms with E-state index < -0.39 is 0 Å². The summed E-state index contributed by atoms with van der Waals surface area (Å²) in [4.78, 5) is 3.26. The highest BCUT2D eigenvalue weighted by molar-refractivity contribution is 5.26. The molecule has 1 saturated carbocycles. The topological polar surface area (TPSA) is 41.8 Å². The summed E-state index contributed by atoms with van der Waals surface area (Å²) in [5, 5.41) is 0. The van der Waals surface area contributed by atoms with Crippen LogP contribution in [0.2, 0.25) is 0 Å². The van der Waals surface area contributed by atoms with E-state index in [0.717, 1.165) is 6.54 Å². The molecule has 2 rings (SSSR count). The summed E-state index contributed by atoms with van der Waals surface area (Å²) in [6, 6.07) is 4.21. The molecule has 0 saturated heterocycles. The molecule has 2 atom stereocenters. The van der Waals surface area contributed by atoms with Gasteiger partial charge in [0.05, 0.1) is 0 Å². The second kappa shape index (κ2) is 2.36. The van der Waals surface area contributed by atoms with Crippen LogP contribution in [0.4, 0.5) is 0 Å². The first-order valence-electron chi connectivity index (χ1n) is 4.51. The van der Waals surface area contributed by atoms with Crippen LogP contribution in [-0.2, 0) is 0 Å². The van der Waals surface area contributed by atoms with Gasteiger partial charge in [-0.15, -0.1) is 0 Å². The fraction of sp³-hybridized carbons (Fsp3) is 0.600. The SMILES string of the molecule is CC1(C)[C@H](CN)[C@H]1c1ccc[nH]1. The molecule has 66 valence electrons. The lowest BCUT2D eigenvalue weighted by molar-refractivity contribution is 0.557. The van der Waals surface area contributed by atoms with Crippen LogP contribution in [0.25, 0.3) is 0 Å². The number of hydrogen-bond donors (Lipinski definition) is 2. The number of rotatable bonds is 2.